The Bertz CT molecular complexity index is 858. The second kappa shape index (κ2) is 10.3. The number of carbonyl (C=O) groups is 1. The third-order valence-electron chi connectivity index (χ3n) is 3.75. The number of halogens is 6. The van der Waals surface area contributed by atoms with Gasteiger partial charge in [0.05, 0.1) is 11.6 Å². The van der Waals surface area contributed by atoms with Crippen molar-refractivity contribution in [3.8, 4) is 17.2 Å². The molecule has 1 N–H and O–H groups in total. The van der Waals surface area contributed by atoms with E-state index in [1.807, 2.05) is 0 Å². The van der Waals surface area contributed by atoms with E-state index in [-0.39, 0.29) is 48.4 Å². The van der Waals surface area contributed by atoms with Crippen LogP contribution in [0.4, 0.5) is 26.7 Å². The van der Waals surface area contributed by atoms with Crippen molar-refractivity contribution in [1.29, 1.82) is 0 Å². The first-order chi connectivity index (χ1) is 14.0. The summed E-state index contributed by atoms with van der Waals surface area (Å²) < 4.78 is 73.7. The van der Waals surface area contributed by atoms with Crippen LogP contribution in [0.5, 0.6) is 17.2 Å². The fraction of sp³-hybridized carbons (Fsp3) is 0.316. The first-order valence-electron chi connectivity index (χ1n) is 8.64. The number of alkyl halides is 3. The van der Waals surface area contributed by atoms with E-state index >= 15 is 0 Å². The molecule has 1 amide bonds. The van der Waals surface area contributed by atoms with Crippen molar-refractivity contribution >= 4 is 17.7 Å². The summed E-state index contributed by atoms with van der Waals surface area (Å²) >= 11 is 6.06. The van der Waals surface area contributed by atoms with Gasteiger partial charge in [-0.05, 0) is 18.6 Å². The Morgan fingerprint density at radius 1 is 1.03 bits per heavy atom. The molecule has 0 spiro atoms. The quantitative estimate of drug-likeness (QED) is 0.465. The zero-order chi connectivity index (χ0) is 22.3. The predicted molar refractivity (Wildman–Crippen MR) is 98.3 cm³/mol. The highest BCUT2D eigenvalue weighted by atomic mass is 35.5. The first kappa shape index (κ1) is 23.5. The molecule has 0 saturated carbocycles. The lowest BCUT2D eigenvalue weighted by atomic mass is 10.3. The summed E-state index contributed by atoms with van der Waals surface area (Å²) in [6.07, 6.45) is -7.16. The van der Waals surface area contributed by atoms with Gasteiger partial charge < -0.3 is 19.5 Å². The van der Waals surface area contributed by atoms with Crippen molar-refractivity contribution in [2.75, 3.05) is 19.7 Å². The molecular weight excluding hydrogens is 437 g/mol. The monoisotopic (exact) mass is 453 g/mol. The highest BCUT2D eigenvalue weighted by Crippen LogP contribution is 2.31. The number of nitrogens with zero attached hydrogens (tertiary/aromatic N) is 1. The summed E-state index contributed by atoms with van der Waals surface area (Å²) in [5, 5.41) is 9.15. The fourth-order valence-electron chi connectivity index (χ4n) is 2.42. The summed E-state index contributed by atoms with van der Waals surface area (Å²) in [5.74, 6) is -1.34. The molecule has 30 heavy (non-hydrogen) atoms. The van der Waals surface area contributed by atoms with Crippen molar-refractivity contribution in [1.82, 2.24) is 4.90 Å². The van der Waals surface area contributed by atoms with Gasteiger partial charge in [-0.2, -0.15) is 13.2 Å². The molecule has 0 radical (unpaired) electrons. The maximum atomic E-state index is 13.2. The Kier molecular flexibility index (Phi) is 8.10. The van der Waals surface area contributed by atoms with Gasteiger partial charge in [-0.1, -0.05) is 11.6 Å². The van der Waals surface area contributed by atoms with Gasteiger partial charge in [0.25, 0.3) is 0 Å². The number of carboxylic acid groups (broad SMARTS) is 1. The summed E-state index contributed by atoms with van der Waals surface area (Å²) in [6, 6.07) is 6.82. The van der Waals surface area contributed by atoms with Crippen LogP contribution < -0.4 is 9.47 Å². The Balaban J connectivity index is 1.89. The lowest BCUT2D eigenvalue weighted by Gasteiger charge is -2.20. The SMILES string of the molecule is O=C(O)N(CCCC(F)(F)F)CCOc1ccc(Oc2cc(F)cc(F)c2)cc1Cl. The molecule has 0 atom stereocenters. The van der Waals surface area contributed by atoms with E-state index < -0.39 is 30.3 Å². The molecule has 2 aromatic rings. The van der Waals surface area contributed by atoms with Crippen LogP contribution in [0.25, 0.3) is 0 Å². The van der Waals surface area contributed by atoms with Crippen molar-refractivity contribution in [2.45, 2.75) is 19.0 Å². The van der Waals surface area contributed by atoms with E-state index in [2.05, 4.69) is 0 Å². The van der Waals surface area contributed by atoms with Gasteiger partial charge in [-0.15, -0.1) is 0 Å². The van der Waals surface area contributed by atoms with E-state index in [1.54, 1.807) is 0 Å². The molecule has 5 nitrogen and oxygen atoms in total. The minimum atomic E-state index is -4.35. The Morgan fingerprint density at radius 2 is 1.70 bits per heavy atom. The molecule has 0 aromatic heterocycles. The van der Waals surface area contributed by atoms with Gasteiger partial charge in [0, 0.05) is 37.2 Å². The van der Waals surface area contributed by atoms with Crippen molar-refractivity contribution in [3.63, 3.8) is 0 Å². The molecule has 2 rings (SSSR count). The number of hydrogen-bond acceptors (Lipinski definition) is 3. The molecule has 0 unspecified atom stereocenters. The lowest BCUT2D eigenvalue weighted by Crippen LogP contribution is -2.34. The van der Waals surface area contributed by atoms with Crippen LogP contribution in [0, 0.1) is 11.6 Å². The van der Waals surface area contributed by atoms with Crippen molar-refractivity contribution in [2.24, 2.45) is 0 Å². The smallest absolute Gasteiger partial charge is 0.407 e. The van der Waals surface area contributed by atoms with Gasteiger partial charge >= 0.3 is 12.3 Å². The standard InChI is InChI=1S/C19H17ClF5NO4/c20-16-11-14(30-15-9-12(21)8-13(22)10-15)2-3-17(16)29-7-6-26(18(27)28)5-1-4-19(23,24)25/h2-3,8-11H,1,4-7H2,(H,27,28). The summed E-state index contributed by atoms with van der Waals surface area (Å²) in [4.78, 5) is 11.9. The Hall–Kier alpha value is -2.75. The number of amides is 1. The van der Waals surface area contributed by atoms with E-state index in [0.29, 0.717) is 6.07 Å². The normalized spacial score (nSPS) is 11.3. The van der Waals surface area contributed by atoms with Crippen LogP contribution in [0.3, 0.4) is 0 Å². The van der Waals surface area contributed by atoms with Crippen LogP contribution in [-0.2, 0) is 0 Å². The molecule has 0 aliphatic rings. The van der Waals surface area contributed by atoms with E-state index in [4.69, 9.17) is 26.2 Å². The molecule has 0 saturated heterocycles. The van der Waals surface area contributed by atoms with Crippen molar-refractivity contribution in [3.05, 3.63) is 53.1 Å². The van der Waals surface area contributed by atoms with E-state index in [1.165, 1.54) is 18.2 Å². The summed E-state index contributed by atoms with van der Waals surface area (Å²) in [5.41, 5.74) is 0. The molecule has 2 aromatic carbocycles. The Labute approximate surface area is 173 Å². The topological polar surface area (TPSA) is 59.0 Å². The molecule has 0 aliphatic carbocycles. The van der Waals surface area contributed by atoms with Gasteiger partial charge in [-0.25, -0.2) is 13.6 Å². The van der Waals surface area contributed by atoms with Crippen molar-refractivity contribution < 1.29 is 41.3 Å². The molecular formula is C19H17ClF5NO4. The fourth-order valence-corrected chi connectivity index (χ4v) is 2.65. The van der Waals surface area contributed by atoms with Crippen LogP contribution in [0.2, 0.25) is 5.02 Å². The average molecular weight is 454 g/mol. The number of hydrogen-bond donors (Lipinski definition) is 1. The minimum Gasteiger partial charge on any atom is -0.490 e. The largest absolute Gasteiger partial charge is 0.490 e. The van der Waals surface area contributed by atoms with Gasteiger partial charge in [0.2, 0.25) is 0 Å². The second-order valence-corrected chi connectivity index (χ2v) is 6.54. The third kappa shape index (κ3) is 7.94. The zero-order valence-electron chi connectivity index (χ0n) is 15.4. The molecule has 0 bridgehead atoms. The number of ether oxygens (including phenoxy) is 2. The van der Waals surface area contributed by atoms with Crippen LogP contribution in [0.1, 0.15) is 12.8 Å². The predicted octanol–water partition coefficient (Wildman–Crippen LogP) is 6.11. The Morgan fingerprint density at radius 3 is 2.27 bits per heavy atom. The molecule has 0 aliphatic heterocycles. The second-order valence-electron chi connectivity index (χ2n) is 6.14. The number of benzene rings is 2. The van der Waals surface area contributed by atoms with Gasteiger partial charge in [-0.3, -0.25) is 0 Å². The highest BCUT2D eigenvalue weighted by Gasteiger charge is 2.27. The minimum absolute atomic E-state index is 0.0757. The number of rotatable bonds is 9. The van der Waals surface area contributed by atoms with Gasteiger partial charge in [0.15, 0.2) is 0 Å². The van der Waals surface area contributed by atoms with Crippen LogP contribution >= 0.6 is 11.6 Å². The first-order valence-corrected chi connectivity index (χ1v) is 9.02. The molecule has 0 heterocycles. The maximum Gasteiger partial charge on any atom is 0.407 e. The average Bonchev–Trinajstić information content (AvgIpc) is 2.60. The highest BCUT2D eigenvalue weighted by molar-refractivity contribution is 6.32. The lowest BCUT2D eigenvalue weighted by molar-refractivity contribution is -0.136. The van der Waals surface area contributed by atoms with E-state index in [0.717, 1.165) is 17.0 Å². The maximum absolute atomic E-state index is 13.2. The van der Waals surface area contributed by atoms with E-state index in [9.17, 15) is 26.7 Å². The third-order valence-corrected chi connectivity index (χ3v) is 4.05. The zero-order valence-corrected chi connectivity index (χ0v) is 16.1. The molecule has 164 valence electrons. The molecule has 11 heteroatoms. The van der Waals surface area contributed by atoms with Crippen LogP contribution in [0.15, 0.2) is 36.4 Å². The van der Waals surface area contributed by atoms with Crippen LogP contribution in [-0.4, -0.2) is 42.0 Å². The van der Waals surface area contributed by atoms with Gasteiger partial charge in [0.1, 0.15) is 35.5 Å². The summed E-state index contributed by atoms with van der Waals surface area (Å²) in [6.45, 7) is -0.597. The molecule has 0 fully saturated rings. The summed E-state index contributed by atoms with van der Waals surface area (Å²) in [7, 11) is 0.